The Labute approximate surface area is 171 Å². The van der Waals surface area contributed by atoms with E-state index < -0.39 is 0 Å². The van der Waals surface area contributed by atoms with Crippen molar-refractivity contribution in [2.24, 2.45) is 17.3 Å². The van der Waals surface area contributed by atoms with Crippen LogP contribution in [0.2, 0.25) is 5.02 Å². The van der Waals surface area contributed by atoms with Gasteiger partial charge in [-0.15, -0.1) is 0 Å². The third kappa shape index (κ3) is 2.73. The number of hydrogen-bond acceptors (Lipinski definition) is 2. The van der Waals surface area contributed by atoms with Crippen molar-refractivity contribution in [3.63, 3.8) is 0 Å². The van der Waals surface area contributed by atoms with Crippen LogP contribution in [0.3, 0.4) is 0 Å². The zero-order chi connectivity index (χ0) is 19.5. The molecule has 0 aliphatic heterocycles. The number of aryl methyl sites for hydroxylation is 1. The number of aromatic hydroxyl groups is 1. The lowest BCUT2D eigenvalue weighted by molar-refractivity contribution is -0.127. The molecular formula is C25H25ClO2. The summed E-state index contributed by atoms with van der Waals surface area (Å²) in [5.41, 5.74) is 4.50. The first-order valence-electron chi connectivity index (χ1n) is 10.3. The highest BCUT2D eigenvalue weighted by molar-refractivity contribution is 6.30. The predicted octanol–water partition coefficient (Wildman–Crippen LogP) is 6.16. The van der Waals surface area contributed by atoms with Gasteiger partial charge in [-0.3, -0.25) is 4.79 Å². The van der Waals surface area contributed by atoms with Crippen molar-refractivity contribution in [2.45, 2.75) is 44.9 Å². The van der Waals surface area contributed by atoms with Crippen LogP contribution in [0.1, 0.15) is 55.2 Å². The molecule has 0 heterocycles. The monoisotopic (exact) mass is 392 g/mol. The van der Waals surface area contributed by atoms with Crippen LogP contribution >= 0.6 is 11.6 Å². The molecule has 3 aliphatic carbocycles. The molecule has 0 amide bonds. The molecule has 144 valence electrons. The molecule has 4 atom stereocenters. The lowest BCUT2D eigenvalue weighted by atomic mass is 9.55. The highest BCUT2D eigenvalue weighted by Gasteiger charge is 2.56. The molecule has 0 radical (unpaired) electrons. The third-order valence-electron chi connectivity index (χ3n) is 7.56. The topological polar surface area (TPSA) is 37.3 Å². The number of phenolic OH excluding ortho intramolecular Hbond substituents is 1. The van der Waals surface area contributed by atoms with Crippen LogP contribution in [0, 0.1) is 17.3 Å². The summed E-state index contributed by atoms with van der Waals surface area (Å²) in [4.78, 5) is 13.4. The first-order chi connectivity index (χ1) is 13.5. The van der Waals surface area contributed by atoms with Crippen molar-refractivity contribution in [3.05, 3.63) is 69.8 Å². The highest BCUT2D eigenvalue weighted by atomic mass is 35.5. The molecule has 2 aromatic rings. The minimum Gasteiger partial charge on any atom is -0.508 e. The number of ketones is 1. The molecule has 2 nitrogen and oxygen atoms in total. The second kappa shape index (κ2) is 6.49. The van der Waals surface area contributed by atoms with Gasteiger partial charge in [-0.1, -0.05) is 36.7 Å². The summed E-state index contributed by atoms with van der Waals surface area (Å²) in [5, 5.41) is 10.6. The minimum atomic E-state index is -0.228. The Hall–Kier alpha value is -2.06. The molecule has 0 aromatic heterocycles. The van der Waals surface area contributed by atoms with Crippen molar-refractivity contribution in [1.82, 2.24) is 0 Å². The molecule has 2 saturated carbocycles. The number of halogens is 1. The molecule has 0 unspecified atom stereocenters. The van der Waals surface area contributed by atoms with E-state index in [0.29, 0.717) is 29.3 Å². The van der Waals surface area contributed by atoms with Gasteiger partial charge in [0, 0.05) is 10.4 Å². The van der Waals surface area contributed by atoms with Crippen LogP contribution in [0.5, 0.6) is 5.75 Å². The maximum absolute atomic E-state index is 13.4. The Morgan fingerprint density at radius 2 is 1.93 bits per heavy atom. The van der Waals surface area contributed by atoms with Gasteiger partial charge in [0.2, 0.25) is 0 Å². The summed E-state index contributed by atoms with van der Waals surface area (Å²) in [6, 6.07) is 13.6. The molecule has 28 heavy (non-hydrogen) atoms. The van der Waals surface area contributed by atoms with E-state index in [4.69, 9.17) is 11.6 Å². The molecule has 3 heteroatoms. The number of benzene rings is 2. The molecule has 0 saturated heterocycles. The van der Waals surface area contributed by atoms with E-state index in [1.165, 1.54) is 11.1 Å². The average Bonchev–Trinajstić information content (AvgIpc) is 2.94. The molecule has 5 rings (SSSR count). The van der Waals surface area contributed by atoms with E-state index in [1.807, 2.05) is 36.4 Å². The van der Waals surface area contributed by atoms with Gasteiger partial charge < -0.3 is 5.11 Å². The quantitative estimate of drug-likeness (QED) is 0.589. The summed E-state index contributed by atoms with van der Waals surface area (Å²) >= 11 is 6.00. The molecule has 1 N–H and O–H groups in total. The van der Waals surface area contributed by atoms with Gasteiger partial charge in [0.15, 0.2) is 5.78 Å². The number of carbonyl (C=O) groups is 1. The molecule has 0 spiro atoms. The van der Waals surface area contributed by atoms with Gasteiger partial charge in [-0.25, -0.2) is 0 Å². The van der Waals surface area contributed by atoms with Crippen LogP contribution in [0.25, 0.3) is 6.08 Å². The Balaban J connectivity index is 1.48. The number of Topliss-reactive ketones (excluding diaryl/α,β-unsaturated/α-hetero) is 1. The Bertz CT molecular complexity index is 975. The minimum absolute atomic E-state index is 0.228. The van der Waals surface area contributed by atoms with Crippen molar-refractivity contribution in [1.29, 1.82) is 0 Å². The Kier molecular flexibility index (Phi) is 4.17. The van der Waals surface area contributed by atoms with Gasteiger partial charge in [-0.05, 0) is 102 Å². The largest absolute Gasteiger partial charge is 0.508 e. The zero-order valence-electron chi connectivity index (χ0n) is 16.1. The third-order valence-corrected chi connectivity index (χ3v) is 7.81. The van der Waals surface area contributed by atoms with Crippen LogP contribution in [-0.4, -0.2) is 10.9 Å². The van der Waals surface area contributed by atoms with Crippen LogP contribution < -0.4 is 0 Å². The number of hydrogen-bond donors (Lipinski definition) is 1. The maximum atomic E-state index is 13.4. The molecule has 0 bridgehead atoms. The second-order valence-corrected chi connectivity index (χ2v) is 9.45. The summed E-state index contributed by atoms with van der Waals surface area (Å²) in [5.74, 6) is 2.20. The lowest BCUT2D eigenvalue weighted by Gasteiger charge is -2.48. The maximum Gasteiger partial charge on any atom is 0.165 e. The first-order valence-corrected chi connectivity index (χ1v) is 10.7. The van der Waals surface area contributed by atoms with Crippen molar-refractivity contribution in [2.75, 3.05) is 0 Å². The summed E-state index contributed by atoms with van der Waals surface area (Å²) in [7, 11) is 0. The van der Waals surface area contributed by atoms with Gasteiger partial charge in [0.1, 0.15) is 5.75 Å². The SMILES string of the molecule is C[C@]12CC[C@H]3c4ccc(O)cc4CC[C@@H]3[C@@H]1C/C(=C/c1ccc(Cl)cc1)C2=O. The van der Waals surface area contributed by atoms with Gasteiger partial charge in [-0.2, -0.15) is 0 Å². The van der Waals surface area contributed by atoms with E-state index in [1.54, 1.807) is 0 Å². The van der Waals surface area contributed by atoms with E-state index in [0.717, 1.165) is 48.3 Å². The fourth-order valence-corrected chi connectivity index (χ4v) is 6.25. The van der Waals surface area contributed by atoms with Crippen LogP contribution in [-0.2, 0) is 11.2 Å². The standard InChI is InChI=1S/C25H25ClO2/c1-25-11-10-21-20-9-7-19(27)13-16(20)4-8-22(21)23(25)14-17(24(25)28)12-15-2-5-18(26)6-3-15/h2-3,5-7,9,12-13,21-23,27H,4,8,10-11,14H2,1H3/b17-12-/t21-,22-,23-,25-/m0/s1. The fourth-order valence-electron chi connectivity index (χ4n) is 6.13. The molecule has 2 aromatic carbocycles. The van der Waals surface area contributed by atoms with Crippen molar-refractivity contribution in [3.8, 4) is 5.75 Å². The Morgan fingerprint density at radius 1 is 1.14 bits per heavy atom. The van der Waals surface area contributed by atoms with Gasteiger partial charge in [0.25, 0.3) is 0 Å². The number of allylic oxidation sites excluding steroid dienone is 1. The van der Waals surface area contributed by atoms with E-state index >= 15 is 0 Å². The average molecular weight is 393 g/mol. The second-order valence-electron chi connectivity index (χ2n) is 9.01. The summed E-state index contributed by atoms with van der Waals surface area (Å²) in [6.07, 6.45) is 7.09. The zero-order valence-corrected chi connectivity index (χ0v) is 16.9. The Morgan fingerprint density at radius 3 is 2.71 bits per heavy atom. The van der Waals surface area contributed by atoms with E-state index in [9.17, 15) is 9.90 Å². The van der Waals surface area contributed by atoms with E-state index in [-0.39, 0.29) is 5.41 Å². The summed E-state index contributed by atoms with van der Waals surface area (Å²) in [6.45, 7) is 2.20. The molecule has 2 fully saturated rings. The lowest BCUT2D eigenvalue weighted by Crippen LogP contribution is -2.42. The summed E-state index contributed by atoms with van der Waals surface area (Å²) < 4.78 is 0. The van der Waals surface area contributed by atoms with Crippen LogP contribution in [0.4, 0.5) is 0 Å². The normalized spacial score (nSPS) is 32.7. The fraction of sp³-hybridized carbons (Fsp3) is 0.400. The van der Waals surface area contributed by atoms with E-state index in [2.05, 4.69) is 19.1 Å². The number of phenols is 1. The van der Waals surface area contributed by atoms with Crippen LogP contribution in [0.15, 0.2) is 48.0 Å². The molecule has 3 aliphatic rings. The van der Waals surface area contributed by atoms with Gasteiger partial charge in [0.05, 0.1) is 0 Å². The number of carbonyl (C=O) groups excluding carboxylic acids is 1. The smallest absolute Gasteiger partial charge is 0.165 e. The number of fused-ring (bicyclic) bond motifs is 5. The predicted molar refractivity (Wildman–Crippen MR) is 113 cm³/mol. The van der Waals surface area contributed by atoms with Gasteiger partial charge >= 0.3 is 0 Å². The molecular weight excluding hydrogens is 368 g/mol. The number of rotatable bonds is 1. The highest BCUT2D eigenvalue weighted by Crippen LogP contribution is 2.60. The van der Waals surface area contributed by atoms with Crippen molar-refractivity contribution < 1.29 is 9.90 Å². The van der Waals surface area contributed by atoms with Crippen molar-refractivity contribution >= 4 is 23.5 Å². The first kappa shape index (κ1) is 18.0.